The van der Waals surface area contributed by atoms with Crippen LogP contribution >= 0.6 is 0 Å². The SMILES string of the molecule is O=C(c1cc2ccccc2cn1)N1CCc2nc(-c3ccccc3)[nH]c2C1. The molecule has 5 rings (SSSR count). The number of carbonyl (C=O) groups is 1. The van der Waals surface area contributed by atoms with Gasteiger partial charge in [-0.1, -0.05) is 54.6 Å². The van der Waals surface area contributed by atoms with Crippen LogP contribution in [0.25, 0.3) is 22.2 Å². The van der Waals surface area contributed by atoms with E-state index in [0.717, 1.165) is 40.0 Å². The molecule has 0 spiro atoms. The predicted molar refractivity (Wildman–Crippen MR) is 104 cm³/mol. The number of rotatable bonds is 2. The van der Waals surface area contributed by atoms with Gasteiger partial charge in [-0.2, -0.15) is 0 Å². The normalized spacial score (nSPS) is 13.6. The first-order chi connectivity index (χ1) is 13.3. The summed E-state index contributed by atoms with van der Waals surface area (Å²) in [4.78, 5) is 27.3. The minimum Gasteiger partial charge on any atom is -0.340 e. The number of pyridine rings is 1. The number of carbonyl (C=O) groups excluding carboxylic acids is 1. The molecule has 27 heavy (non-hydrogen) atoms. The van der Waals surface area contributed by atoms with Crippen LogP contribution in [0.5, 0.6) is 0 Å². The maximum atomic E-state index is 13.0. The Bertz CT molecular complexity index is 1130. The molecule has 1 aliphatic rings. The average molecular weight is 354 g/mol. The van der Waals surface area contributed by atoms with Gasteiger partial charge in [-0.05, 0) is 11.5 Å². The lowest BCUT2D eigenvalue weighted by atomic mass is 10.1. The molecule has 3 heterocycles. The topological polar surface area (TPSA) is 61.9 Å². The van der Waals surface area contributed by atoms with Crippen molar-refractivity contribution in [2.45, 2.75) is 13.0 Å². The molecule has 1 aliphatic heterocycles. The Morgan fingerprint density at radius 3 is 2.63 bits per heavy atom. The van der Waals surface area contributed by atoms with Crippen molar-refractivity contribution in [1.29, 1.82) is 0 Å². The number of aromatic amines is 1. The molecule has 0 radical (unpaired) electrons. The van der Waals surface area contributed by atoms with Gasteiger partial charge in [0.25, 0.3) is 5.91 Å². The Labute approximate surface area is 156 Å². The van der Waals surface area contributed by atoms with Gasteiger partial charge in [-0.25, -0.2) is 4.98 Å². The number of fused-ring (bicyclic) bond motifs is 2. The summed E-state index contributed by atoms with van der Waals surface area (Å²) in [6.07, 6.45) is 2.51. The van der Waals surface area contributed by atoms with E-state index in [1.165, 1.54) is 0 Å². The summed E-state index contributed by atoms with van der Waals surface area (Å²) < 4.78 is 0. The van der Waals surface area contributed by atoms with Gasteiger partial charge in [-0.15, -0.1) is 0 Å². The molecule has 0 aliphatic carbocycles. The monoisotopic (exact) mass is 354 g/mol. The maximum Gasteiger partial charge on any atom is 0.272 e. The van der Waals surface area contributed by atoms with Crippen LogP contribution in [0, 0.1) is 0 Å². The van der Waals surface area contributed by atoms with E-state index in [0.29, 0.717) is 18.8 Å². The number of hydrogen-bond donors (Lipinski definition) is 1. The molecule has 1 N–H and O–H groups in total. The molecular formula is C22H18N4O. The fraction of sp³-hybridized carbons (Fsp3) is 0.136. The van der Waals surface area contributed by atoms with Crippen molar-refractivity contribution in [2.24, 2.45) is 0 Å². The number of aromatic nitrogens is 3. The highest BCUT2D eigenvalue weighted by atomic mass is 16.2. The van der Waals surface area contributed by atoms with E-state index in [4.69, 9.17) is 4.98 Å². The van der Waals surface area contributed by atoms with Gasteiger partial charge in [0.1, 0.15) is 11.5 Å². The molecule has 5 nitrogen and oxygen atoms in total. The molecule has 0 unspecified atom stereocenters. The third-order valence-corrected chi connectivity index (χ3v) is 5.02. The standard InChI is InChI=1S/C22H18N4O/c27-22(19-12-16-8-4-5-9-17(16)13-23-19)26-11-10-18-20(14-26)25-21(24-18)15-6-2-1-3-7-15/h1-9,12-13H,10-11,14H2,(H,24,25). The fourth-order valence-corrected chi connectivity index (χ4v) is 3.56. The molecule has 0 bridgehead atoms. The van der Waals surface area contributed by atoms with Crippen molar-refractivity contribution < 1.29 is 4.79 Å². The van der Waals surface area contributed by atoms with Crippen molar-refractivity contribution in [2.75, 3.05) is 6.54 Å². The van der Waals surface area contributed by atoms with Crippen LogP contribution in [0.1, 0.15) is 21.9 Å². The first-order valence-electron chi connectivity index (χ1n) is 9.05. The molecule has 1 amide bonds. The van der Waals surface area contributed by atoms with Crippen molar-refractivity contribution in [3.05, 3.63) is 83.9 Å². The molecule has 0 fully saturated rings. The summed E-state index contributed by atoms with van der Waals surface area (Å²) in [5.74, 6) is 0.820. The van der Waals surface area contributed by atoms with Crippen molar-refractivity contribution >= 4 is 16.7 Å². The van der Waals surface area contributed by atoms with Gasteiger partial charge in [0.2, 0.25) is 0 Å². The summed E-state index contributed by atoms with van der Waals surface area (Å²) in [6, 6.07) is 19.9. The maximum absolute atomic E-state index is 13.0. The second-order valence-corrected chi connectivity index (χ2v) is 6.77. The van der Waals surface area contributed by atoms with Gasteiger partial charge >= 0.3 is 0 Å². The smallest absolute Gasteiger partial charge is 0.272 e. The van der Waals surface area contributed by atoms with Gasteiger partial charge < -0.3 is 9.88 Å². The van der Waals surface area contributed by atoms with Crippen molar-refractivity contribution in [3.63, 3.8) is 0 Å². The fourth-order valence-electron chi connectivity index (χ4n) is 3.56. The molecular weight excluding hydrogens is 336 g/mol. The van der Waals surface area contributed by atoms with Gasteiger partial charge in [0.05, 0.1) is 17.9 Å². The van der Waals surface area contributed by atoms with Crippen LogP contribution in [0.3, 0.4) is 0 Å². The summed E-state index contributed by atoms with van der Waals surface area (Å²) >= 11 is 0. The van der Waals surface area contributed by atoms with E-state index < -0.39 is 0 Å². The highest BCUT2D eigenvalue weighted by molar-refractivity contribution is 5.96. The number of nitrogens with one attached hydrogen (secondary N) is 1. The first kappa shape index (κ1) is 15.8. The molecule has 0 saturated carbocycles. The molecule has 2 aromatic heterocycles. The zero-order valence-electron chi connectivity index (χ0n) is 14.7. The number of benzene rings is 2. The number of H-pyrrole nitrogens is 1. The largest absolute Gasteiger partial charge is 0.340 e. The third kappa shape index (κ3) is 2.87. The molecule has 132 valence electrons. The Hall–Kier alpha value is -3.47. The van der Waals surface area contributed by atoms with Gasteiger partial charge in [0.15, 0.2) is 0 Å². The van der Waals surface area contributed by atoms with Crippen LogP contribution in [0.2, 0.25) is 0 Å². The van der Waals surface area contributed by atoms with Crippen LogP contribution in [0.4, 0.5) is 0 Å². The summed E-state index contributed by atoms with van der Waals surface area (Å²) in [5, 5.41) is 2.07. The lowest BCUT2D eigenvalue weighted by molar-refractivity contribution is 0.0726. The number of hydrogen-bond acceptors (Lipinski definition) is 3. The zero-order chi connectivity index (χ0) is 18.2. The lowest BCUT2D eigenvalue weighted by Gasteiger charge is -2.25. The Kier molecular flexibility index (Phi) is 3.71. The summed E-state index contributed by atoms with van der Waals surface area (Å²) in [6.45, 7) is 1.18. The van der Waals surface area contributed by atoms with Gasteiger partial charge in [-0.3, -0.25) is 9.78 Å². The minimum absolute atomic E-state index is 0.0396. The number of imidazole rings is 1. The Balaban J connectivity index is 1.41. The molecule has 2 aromatic carbocycles. The first-order valence-corrected chi connectivity index (χ1v) is 9.05. The van der Waals surface area contributed by atoms with E-state index in [1.807, 2.05) is 65.6 Å². The van der Waals surface area contributed by atoms with E-state index in [1.54, 1.807) is 6.20 Å². The number of amides is 1. The highest BCUT2D eigenvalue weighted by Gasteiger charge is 2.25. The average Bonchev–Trinajstić information content (AvgIpc) is 3.17. The Morgan fingerprint density at radius 1 is 1.00 bits per heavy atom. The minimum atomic E-state index is -0.0396. The second kappa shape index (κ2) is 6.36. The van der Waals surface area contributed by atoms with E-state index in [2.05, 4.69) is 9.97 Å². The highest BCUT2D eigenvalue weighted by Crippen LogP contribution is 2.24. The molecule has 0 atom stereocenters. The molecule has 0 saturated heterocycles. The number of nitrogens with zero attached hydrogens (tertiary/aromatic N) is 3. The molecule has 4 aromatic rings. The Morgan fingerprint density at radius 2 is 1.78 bits per heavy atom. The summed E-state index contributed by atoms with van der Waals surface area (Å²) in [5.41, 5.74) is 3.60. The quantitative estimate of drug-likeness (QED) is 0.595. The third-order valence-electron chi connectivity index (χ3n) is 5.02. The lowest BCUT2D eigenvalue weighted by Crippen LogP contribution is -2.36. The predicted octanol–water partition coefficient (Wildman–Crippen LogP) is 3.82. The molecule has 5 heteroatoms. The zero-order valence-corrected chi connectivity index (χ0v) is 14.7. The van der Waals surface area contributed by atoms with Crippen molar-refractivity contribution in [3.8, 4) is 11.4 Å². The summed E-state index contributed by atoms with van der Waals surface area (Å²) in [7, 11) is 0. The van der Waals surface area contributed by atoms with Crippen molar-refractivity contribution in [1.82, 2.24) is 19.9 Å². The second-order valence-electron chi connectivity index (χ2n) is 6.77. The van der Waals surface area contributed by atoms with E-state index >= 15 is 0 Å². The van der Waals surface area contributed by atoms with Crippen LogP contribution in [-0.2, 0) is 13.0 Å². The van der Waals surface area contributed by atoms with Crippen LogP contribution in [0.15, 0.2) is 66.9 Å². The van der Waals surface area contributed by atoms with E-state index in [9.17, 15) is 4.79 Å². The van der Waals surface area contributed by atoms with Crippen LogP contribution in [-0.4, -0.2) is 32.3 Å². The van der Waals surface area contributed by atoms with Gasteiger partial charge in [0, 0.05) is 30.1 Å². The van der Waals surface area contributed by atoms with E-state index in [-0.39, 0.29) is 5.91 Å². The van der Waals surface area contributed by atoms with Crippen LogP contribution < -0.4 is 0 Å².